The highest BCUT2D eigenvalue weighted by Crippen LogP contribution is 2.50. The highest BCUT2D eigenvalue weighted by atomic mass is 31.2. The molecule has 2 fully saturated rings. The second-order valence-corrected chi connectivity index (χ2v) is 12.5. The Labute approximate surface area is 239 Å². The Morgan fingerprint density at radius 1 is 1.19 bits per heavy atom. The number of aliphatic hydroxyl groups excluding tert-OH is 2. The topological polar surface area (TPSA) is 300 Å². The van der Waals surface area contributed by atoms with E-state index in [2.05, 4.69) is 34.8 Å². The Hall–Kier alpha value is -2.94. The summed E-state index contributed by atoms with van der Waals surface area (Å²) in [5.41, 5.74) is 4.54. The summed E-state index contributed by atoms with van der Waals surface area (Å²) in [5, 5.41) is 24.0. The van der Waals surface area contributed by atoms with Gasteiger partial charge in [0.05, 0.1) is 37.9 Å². The molecule has 8 atom stereocenters. The molecular weight excluding hydrogens is 625 g/mol. The van der Waals surface area contributed by atoms with E-state index in [1.165, 1.54) is 0 Å². The summed E-state index contributed by atoms with van der Waals surface area (Å²) in [7, 11) is -10.0. The SMILES string of the molecule is Nc1nc2c(ncn2[C@@H]2OC(COP(=O)(O)O)[C@@H](O)[C@H]2OP(=O)(O)OC[C@@H]2C[C@@H](O)[C@H](Nc3ncncc3F)C2)c(=O)[nH]1. The Morgan fingerprint density at radius 3 is 2.67 bits per heavy atom. The van der Waals surface area contributed by atoms with Crippen molar-refractivity contribution in [2.45, 2.75) is 49.5 Å². The molecule has 1 aliphatic carbocycles. The first-order valence-electron chi connectivity index (χ1n) is 12.5. The van der Waals surface area contributed by atoms with Gasteiger partial charge >= 0.3 is 15.6 Å². The van der Waals surface area contributed by atoms with Crippen molar-refractivity contribution in [2.75, 3.05) is 24.3 Å². The smallest absolute Gasteiger partial charge is 0.391 e. The first-order valence-corrected chi connectivity index (χ1v) is 15.5. The normalized spacial score (nSPS) is 29.2. The zero-order chi connectivity index (χ0) is 31.1. The van der Waals surface area contributed by atoms with E-state index in [-0.39, 0.29) is 35.8 Å². The predicted octanol–water partition coefficient (Wildman–Crippen LogP) is -1.25. The number of nitrogens with one attached hydrogen (secondary N) is 2. The van der Waals surface area contributed by atoms with Gasteiger partial charge in [-0.2, -0.15) is 4.98 Å². The quantitative estimate of drug-likeness (QED) is 0.112. The second kappa shape index (κ2) is 12.2. The number of halogens is 1. The number of aromatic amines is 1. The van der Waals surface area contributed by atoms with Gasteiger partial charge in [-0.15, -0.1) is 0 Å². The number of H-pyrrole nitrogens is 1. The molecule has 4 heterocycles. The van der Waals surface area contributed by atoms with E-state index in [1.54, 1.807) is 0 Å². The lowest BCUT2D eigenvalue weighted by molar-refractivity contribution is -0.0508. The van der Waals surface area contributed by atoms with Gasteiger partial charge in [0.1, 0.15) is 24.6 Å². The fourth-order valence-electron chi connectivity index (χ4n) is 4.88. The molecule has 0 aromatic carbocycles. The molecule has 1 saturated heterocycles. The van der Waals surface area contributed by atoms with Crippen molar-refractivity contribution in [1.82, 2.24) is 29.5 Å². The lowest BCUT2D eigenvalue weighted by atomic mass is 10.1. The van der Waals surface area contributed by atoms with Gasteiger partial charge in [0.2, 0.25) is 5.95 Å². The number of hydrogen-bond donors (Lipinski definition) is 8. The molecule has 3 aromatic heterocycles. The lowest BCUT2D eigenvalue weighted by Crippen LogP contribution is -2.35. The van der Waals surface area contributed by atoms with Gasteiger partial charge in [-0.05, 0) is 18.8 Å². The number of rotatable bonds is 11. The average molecular weight is 652 g/mol. The molecule has 3 aromatic rings. The van der Waals surface area contributed by atoms with Crippen molar-refractivity contribution in [3.05, 3.63) is 35.0 Å². The van der Waals surface area contributed by atoms with Gasteiger partial charge in [0, 0.05) is 0 Å². The molecule has 43 heavy (non-hydrogen) atoms. The van der Waals surface area contributed by atoms with Crippen LogP contribution < -0.4 is 16.6 Å². The molecular formula is C20H27FN8O12P2. The van der Waals surface area contributed by atoms with Gasteiger partial charge in [-0.25, -0.2) is 28.5 Å². The van der Waals surface area contributed by atoms with Crippen molar-refractivity contribution in [2.24, 2.45) is 5.92 Å². The number of nitrogens with zero attached hydrogens (tertiary/aromatic N) is 5. The maximum atomic E-state index is 13.9. The van der Waals surface area contributed by atoms with Crippen LogP contribution in [0.3, 0.4) is 0 Å². The Balaban J connectivity index is 1.30. The van der Waals surface area contributed by atoms with E-state index in [9.17, 15) is 33.4 Å². The summed E-state index contributed by atoms with van der Waals surface area (Å²) in [6.45, 7) is -1.25. The number of aliphatic hydroxyl groups is 2. The summed E-state index contributed by atoms with van der Waals surface area (Å²) >= 11 is 0. The van der Waals surface area contributed by atoms with Crippen LogP contribution in [0.4, 0.5) is 16.2 Å². The number of phosphoric ester groups is 2. The third kappa shape index (κ3) is 7.24. The first kappa shape index (κ1) is 31.5. The number of ether oxygens (including phenoxy) is 1. The number of nitrogen functional groups attached to an aromatic ring is 1. The van der Waals surface area contributed by atoms with Crippen LogP contribution in [0.15, 0.2) is 23.6 Å². The van der Waals surface area contributed by atoms with Crippen LogP contribution in [0.2, 0.25) is 0 Å². The van der Waals surface area contributed by atoms with Crippen LogP contribution in [0, 0.1) is 11.7 Å². The van der Waals surface area contributed by atoms with Gasteiger partial charge in [0.25, 0.3) is 5.56 Å². The highest BCUT2D eigenvalue weighted by molar-refractivity contribution is 7.47. The van der Waals surface area contributed by atoms with Crippen LogP contribution in [0.1, 0.15) is 19.1 Å². The summed E-state index contributed by atoms with van der Waals surface area (Å²) < 4.78 is 59.7. The van der Waals surface area contributed by atoms with Crippen LogP contribution >= 0.6 is 15.6 Å². The number of aromatic nitrogens is 6. The molecule has 2 aliphatic rings. The fourth-order valence-corrected chi connectivity index (χ4v) is 6.22. The van der Waals surface area contributed by atoms with E-state index >= 15 is 0 Å². The third-order valence-electron chi connectivity index (χ3n) is 6.79. The lowest BCUT2D eigenvalue weighted by Gasteiger charge is -2.24. The number of phosphoric acid groups is 2. The van der Waals surface area contributed by atoms with Crippen LogP contribution in [0.25, 0.3) is 11.2 Å². The second-order valence-electron chi connectivity index (χ2n) is 9.83. The van der Waals surface area contributed by atoms with Crippen LogP contribution in [-0.2, 0) is 27.4 Å². The Morgan fingerprint density at radius 2 is 1.95 bits per heavy atom. The third-order valence-corrected chi connectivity index (χ3v) is 8.26. The minimum absolute atomic E-state index is 0.118. The van der Waals surface area contributed by atoms with Crippen molar-refractivity contribution in [1.29, 1.82) is 0 Å². The first-order chi connectivity index (χ1) is 20.2. The summed E-state index contributed by atoms with van der Waals surface area (Å²) in [5.74, 6) is -1.64. The van der Waals surface area contributed by atoms with Crippen LogP contribution in [0.5, 0.6) is 0 Å². The summed E-state index contributed by atoms with van der Waals surface area (Å²) in [6.07, 6.45) is -4.12. The standard InChI is InChI=1S/C20H27FN8O12P2/c21-9-3-23-6-24-16(9)26-10-1-8(2-11(10)30)4-39-43(36,37)41-15-14(31)12(5-38-42(33,34)35)40-19(15)29-7-25-13-17(29)27-20(22)28-18(13)32/h3,6-8,10-12,14-15,19,30-31H,1-2,4-5H2,(H,36,37)(H,23,24,26)(H2,33,34,35)(H3,22,27,28,32)/t8-,10+,11+,12?,14+,15+,19+/m0/s1. The molecule has 9 N–H and O–H groups in total. The van der Waals surface area contributed by atoms with Gasteiger partial charge < -0.3 is 40.7 Å². The number of anilines is 2. The zero-order valence-corrected chi connectivity index (χ0v) is 23.6. The van der Waals surface area contributed by atoms with Gasteiger partial charge in [-0.3, -0.25) is 27.9 Å². The maximum absolute atomic E-state index is 13.9. The van der Waals surface area contributed by atoms with E-state index in [0.29, 0.717) is 0 Å². The molecule has 20 nitrogen and oxygen atoms in total. The minimum Gasteiger partial charge on any atom is -0.391 e. The fraction of sp³-hybridized carbons (Fsp3) is 0.550. The van der Waals surface area contributed by atoms with Crippen molar-refractivity contribution >= 4 is 38.6 Å². The molecule has 1 saturated carbocycles. The largest absolute Gasteiger partial charge is 0.472 e. The van der Waals surface area contributed by atoms with E-state index < -0.39 is 82.8 Å². The van der Waals surface area contributed by atoms with E-state index in [4.69, 9.17) is 29.3 Å². The zero-order valence-electron chi connectivity index (χ0n) is 21.8. The van der Waals surface area contributed by atoms with E-state index in [0.717, 1.165) is 23.4 Å². The molecule has 236 valence electrons. The van der Waals surface area contributed by atoms with Crippen LogP contribution in [-0.4, -0.2) is 98.1 Å². The molecule has 2 unspecified atom stereocenters. The molecule has 23 heteroatoms. The van der Waals surface area contributed by atoms with Gasteiger partial charge in [-0.1, -0.05) is 0 Å². The summed E-state index contributed by atoms with van der Waals surface area (Å²) in [6, 6.07) is -0.654. The Kier molecular flexibility index (Phi) is 8.94. The molecule has 0 spiro atoms. The predicted molar refractivity (Wildman–Crippen MR) is 139 cm³/mol. The summed E-state index contributed by atoms with van der Waals surface area (Å²) in [4.78, 5) is 58.4. The number of hydrogen-bond acceptors (Lipinski definition) is 15. The molecule has 0 amide bonds. The molecule has 0 bridgehead atoms. The van der Waals surface area contributed by atoms with Crippen molar-refractivity contribution < 1.29 is 56.7 Å². The van der Waals surface area contributed by atoms with E-state index in [1.807, 2.05) is 0 Å². The average Bonchev–Trinajstić information content (AvgIpc) is 3.58. The van der Waals surface area contributed by atoms with Crippen molar-refractivity contribution in [3.8, 4) is 0 Å². The number of nitrogens with two attached hydrogens (primary N) is 1. The number of imidazole rings is 1. The number of fused-ring (bicyclic) bond motifs is 1. The monoisotopic (exact) mass is 652 g/mol. The maximum Gasteiger partial charge on any atom is 0.472 e. The van der Waals surface area contributed by atoms with Gasteiger partial charge in [0.15, 0.2) is 29.0 Å². The molecule has 1 aliphatic heterocycles. The minimum atomic E-state index is -5.01. The molecule has 0 radical (unpaired) electrons. The Bertz CT molecular complexity index is 1620. The van der Waals surface area contributed by atoms with Crippen molar-refractivity contribution in [3.63, 3.8) is 0 Å². The molecule has 5 rings (SSSR count). The highest BCUT2D eigenvalue weighted by Gasteiger charge is 2.50.